The lowest BCUT2D eigenvalue weighted by Crippen LogP contribution is -2.39. The van der Waals surface area contributed by atoms with Crippen LogP contribution in [0.25, 0.3) is 28.2 Å². The van der Waals surface area contributed by atoms with E-state index in [1.165, 1.54) is 11.6 Å². The Labute approximate surface area is 259 Å². The Kier molecular flexibility index (Phi) is 7.01. The fraction of sp³-hybridized carbons (Fsp3) is 0.229. The zero-order valence-corrected chi connectivity index (χ0v) is 24.7. The first-order valence-electron chi connectivity index (χ1n) is 14.9. The van der Waals surface area contributed by atoms with Crippen LogP contribution in [0, 0.1) is 23.1 Å². The van der Waals surface area contributed by atoms with E-state index in [2.05, 4.69) is 18.2 Å². The Balaban J connectivity index is 1.28. The topological polar surface area (TPSA) is 121 Å². The third kappa shape index (κ3) is 5.06. The van der Waals surface area contributed by atoms with Crippen LogP contribution in [0.2, 0.25) is 0 Å². The van der Waals surface area contributed by atoms with Gasteiger partial charge in [-0.25, -0.2) is 13.9 Å². The van der Waals surface area contributed by atoms with Gasteiger partial charge in [-0.15, -0.1) is 0 Å². The van der Waals surface area contributed by atoms with Crippen LogP contribution in [-0.4, -0.2) is 50.9 Å². The summed E-state index contributed by atoms with van der Waals surface area (Å²) in [5.41, 5.74) is 11.6. The Morgan fingerprint density at radius 2 is 1.82 bits per heavy atom. The fourth-order valence-corrected chi connectivity index (χ4v) is 6.47. The van der Waals surface area contributed by atoms with Crippen molar-refractivity contribution in [1.29, 1.82) is 5.26 Å². The van der Waals surface area contributed by atoms with Crippen molar-refractivity contribution < 1.29 is 14.0 Å². The number of benzene rings is 3. The summed E-state index contributed by atoms with van der Waals surface area (Å²) in [6.45, 7) is 3.67. The first-order chi connectivity index (χ1) is 21.8. The number of primary amides is 1. The summed E-state index contributed by atoms with van der Waals surface area (Å²) in [7, 11) is 0. The number of rotatable bonds is 5. The van der Waals surface area contributed by atoms with Crippen LogP contribution in [0.5, 0.6) is 0 Å². The van der Waals surface area contributed by atoms with Gasteiger partial charge in [-0.1, -0.05) is 36.4 Å². The smallest absolute Gasteiger partial charge is 0.273 e. The fourth-order valence-electron chi connectivity index (χ4n) is 6.47. The Morgan fingerprint density at radius 3 is 2.56 bits per heavy atom. The van der Waals surface area contributed by atoms with Crippen molar-refractivity contribution in [3.05, 3.63) is 107 Å². The van der Waals surface area contributed by atoms with Gasteiger partial charge in [-0.3, -0.25) is 9.59 Å². The van der Waals surface area contributed by atoms with Gasteiger partial charge in [-0.05, 0) is 67.3 Å². The van der Waals surface area contributed by atoms with Gasteiger partial charge in [0.1, 0.15) is 11.5 Å². The van der Waals surface area contributed by atoms with Crippen molar-refractivity contribution in [2.45, 2.75) is 25.8 Å². The average Bonchev–Trinajstić information content (AvgIpc) is 3.73. The maximum Gasteiger partial charge on any atom is 0.273 e. The number of nitriles is 1. The third-order valence-corrected chi connectivity index (χ3v) is 9.00. The molecule has 0 radical (unpaired) electrons. The monoisotopic (exact) mass is 599 g/mol. The van der Waals surface area contributed by atoms with Gasteiger partial charge >= 0.3 is 0 Å². The number of nitrogens with zero attached hydrogens (tertiary/aromatic N) is 6. The van der Waals surface area contributed by atoms with Crippen LogP contribution in [0.4, 0.5) is 10.1 Å². The number of anilines is 1. The number of amides is 2. The highest BCUT2D eigenvalue weighted by atomic mass is 19.1. The van der Waals surface area contributed by atoms with E-state index < -0.39 is 5.82 Å². The maximum atomic E-state index is 15.6. The summed E-state index contributed by atoms with van der Waals surface area (Å²) in [5.74, 6) is -1.26. The number of hydrogen-bond acceptors (Lipinski definition) is 6. The van der Waals surface area contributed by atoms with Crippen LogP contribution < -0.4 is 10.6 Å². The van der Waals surface area contributed by atoms with Crippen molar-refractivity contribution in [3.8, 4) is 28.6 Å². The molecule has 45 heavy (non-hydrogen) atoms. The molecule has 0 aliphatic carbocycles. The molecular formula is C35H30FN7O2. The van der Waals surface area contributed by atoms with Gasteiger partial charge in [0, 0.05) is 42.5 Å². The molecule has 2 aliphatic rings. The van der Waals surface area contributed by atoms with E-state index in [9.17, 15) is 14.9 Å². The minimum Gasteiger partial charge on any atom is -0.371 e. The molecule has 2 N–H and O–H groups in total. The number of carbonyl (C=O) groups excluding carboxylic acids is 2. The lowest BCUT2D eigenvalue weighted by molar-refractivity contribution is -0.121. The number of fused-ring (bicyclic) bond motifs is 2. The summed E-state index contributed by atoms with van der Waals surface area (Å²) >= 11 is 0. The van der Waals surface area contributed by atoms with E-state index in [0.29, 0.717) is 54.3 Å². The zero-order chi connectivity index (χ0) is 31.2. The molecule has 4 heterocycles. The second-order valence-electron chi connectivity index (χ2n) is 11.6. The first kappa shape index (κ1) is 28.2. The molecule has 9 nitrogen and oxygen atoms in total. The van der Waals surface area contributed by atoms with Gasteiger partial charge in [0.05, 0.1) is 35.0 Å². The molecule has 1 fully saturated rings. The molecule has 0 unspecified atom stereocenters. The highest BCUT2D eigenvalue weighted by Crippen LogP contribution is 2.33. The normalized spacial score (nSPS) is 17.7. The summed E-state index contributed by atoms with van der Waals surface area (Å²) in [4.78, 5) is 34.1. The van der Waals surface area contributed by atoms with E-state index >= 15 is 4.39 Å². The molecule has 2 amide bonds. The second-order valence-corrected chi connectivity index (χ2v) is 11.6. The van der Waals surface area contributed by atoms with Gasteiger partial charge in [0.2, 0.25) is 5.91 Å². The predicted molar refractivity (Wildman–Crippen MR) is 168 cm³/mol. The second kappa shape index (κ2) is 11.2. The zero-order valence-electron chi connectivity index (χ0n) is 24.7. The average molecular weight is 600 g/mol. The molecule has 1 saturated heterocycles. The van der Waals surface area contributed by atoms with Crippen molar-refractivity contribution in [2.75, 3.05) is 24.5 Å². The number of nitrogens with two attached hydrogens (primary N) is 1. The van der Waals surface area contributed by atoms with Crippen molar-refractivity contribution in [3.63, 3.8) is 0 Å². The molecule has 0 saturated carbocycles. The minimum atomic E-state index is -0.463. The van der Waals surface area contributed by atoms with Crippen LogP contribution in [-0.2, 0) is 11.2 Å². The van der Waals surface area contributed by atoms with E-state index in [0.717, 1.165) is 17.5 Å². The van der Waals surface area contributed by atoms with Gasteiger partial charge in [0.15, 0.2) is 5.65 Å². The van der Waals surface area contributed by atoms with Gasteiger partial charge < -0.3 is 15.5 Å². The Bertz CT molecular complexity index is 2010. The SMILES string of the molecule is C[C@@H]1c2ccccc2CCN1C(=O)c1cc(-c2ccc(C#N)cc2)n2nc(-c3ccc(N4CC[C@H](C(N)=O)C4)cc3F)cc2n1. The van der Waals surface area contributed by atoms with Crippen molar-refractivity contribution in [1.82, 2.24) is 19.5 Å². The van der Waals surface area contributed by atoms with Crippen LogP contribution in [0.15, 0.2) is 78.9 Å². The number of carbonyl (C=O) groups is 2. The molecule has 0 bridgehead atoms. The summed E-state index contributed by atoms with van der Waals surface area (Å²) in [6.07, 6.45) is 1.39. The van der Waals surface area contributed by atoms with Crippen molar-refractivity contribution >= 4 is 23.1 Å². The Morgan fingerprint density at radius 1 is 1.02 bits per heavy atom. The standard InChI is InChI=1S/C35H30FN7O2/c1-21-27-5-3-2-4-23(27)13-15-42(21)35(45)31-17-32(24-8-6-22(19-37)7-9-24)43-33(39-31)18-30(40-43)28-11-10-26(16-29(28)36)41-14-12-25(20-41)34(38)44/h2-11,16-18,21,25H,12-15,20H2,1H3,(H2,38,44)/t21-,25+/m1/s1. The van der Waals surface area contributed by atoms with Crippen LogP contribution in [0.1, 0.15) is 46.6 Å². The summed E-state index contributed by atoms with van der Waals surface area (Å²) < 4.78 is 17.2. The lowest BCUT2D eigenvalue weighted by atomic mass is 9.93. The Hall–Kier alpha value is -5.56. The molecule has 7 rings (SSSR count). The quantitative estimate of drug-likeness (QED) is 0.299. The molecule has 2 aromatic heterocycles. The molecule has 224 valence electrons. The van der Waals surface area contributed by atoms with E-state index in [-0.39, 0.29) is 35.0 Å². The molecule has 2 aliphatic heterocycles. The predicted octanol–water partition coefficient (Wildman–Crippen LogP) is 5.15. The van der Waals surface area contributed by atoms with Crippen LogP contribution >= 0.6 is 0 Å². The molecule has 5 aromatic rings. The maximum absolute atomic E-state index is 15.6. The van der Waals surface area contributed by atoms with E-state index in [4.69, 9.17) is 15.8 Å². The summed E-state index contributed by atoms with van der Waals surface area (Å²) in [6, 6.07) is 25.5. The number of halogens is 1. The molecule has 2 atom stereocenters. The largest absolute Gasteiger partial charge is 0.371 e. The minimum absolute atomic E-state index is 0.124. The van der Waals surface area contributed by atoms with Gasteiger partial charge in [0.25, 0.3) is 5.91 Å². The molecule has 10 heteroatoms. The number of hydrogen-bond donors (Lipinski definition) is 1. The van der Waals surface area contributed by atoms with E-state index in [1.807, 2.05) is 34.9 Å². The highest BCUT2D eigenvalue weighted by Gasteiger charge is 2.30. The highest BCUT2D eigenvalue weighted by molar-refractivity contribution is 5.94. The third-order valence-electron chi connectivity index (χ3n) is 9.00. The molecule has 0 spiro atoms. The molecular weight excluding hydrogens is 569 g/mol. The lowest BCUT2D eigenvalue weighted by Gasteiger charge is -2.35. The van der Waals surface area contributed by atoms with Crippen molar-refractivity contribution in [2.24, 2.45) is 11.7 Å². The first-order valence-corrected chi connectivity index (χ1v) is 14.9. The van der Waals surface area contributed by atoms with E-state index in [1.54, 1.807) is 47.0 Å². The van der Waals surface area contributed by atoms with Crippen LogP contribution in [0.3, 0.4) is 0 Å². The number of aromatic nitrogens is 3. The summed E-state index contributed by atoms with van der Waals surface area (Å²) in [5, 5.41) is 14.1. The molecule has 3 aromatic carbocycles. The van der Waals surface area contributed by atoms with Gasteiger partial charge in [-0.2, -0.15) is 10.4 Å².